The largest absolute Gasteiger partial charge is 0.224 e. The van der Waals surface area contributed by atoms with Crippen molar-refractivity contribution < 1.29 is 8.42 Å². The lowest BCUT2D eigenvalue weighted by Gasteiger charge is -2.20. The molecule has 0 radical (unpaired) electrons. The maximum atomic E-state index is 11.6. The molecule has 1 aliphatic rings. The molecule has 13 heavy (non-hydrogen) atoms. The lowest BCUT2D eigenvalue weighted by molar-refractivity contribution is 0.586. The second kappa shape index (κ2) is 3.10. The van der Waals surface area contributed by atoms with E-state index in [4.69, 9.17) is 0 Å². The molecule has 1 atom stereocenters. The molecule has 2 rings (SSSR count). The van der Waals surface area contributed by atoms with Crippen LogP contribution in [0.15, 0.2) is 29.2 Å². The first-order valence-electron chi connectivity index (χ1n) is 4.07. The monoisotopic (exact) mass is 260 g/mol. The third-order valence-electron chi connectivity index (χ3n) is 2.23. The SMILES string of the molecule is O=S1(=O)CCC(Br)c2ccccc21. The molecule has 0 saturated carbocycles. The maximum absolute atomic E-state index is 11.6. The van der Waals surface area contributed by atoms with Crippen LogP contribution in [0.1, 0.15) is 16.8 Å². The summed E-state index contributed by atoms with van der Waals surface area (Å²) in [7, 11) is -3.00. The van der Waals surface area contributed by atoms with E-state index in [1.165, 1.54) is 0 Å². The van der Waals surface area contributed by atoms with Crippen molar-refractivity contribution in [2.45, 2.75) is 16.1 Å². The normalized spacial score (nSPS) is 25.2. The quantitative estimate of drug-likeness (QED) is 0.671. The average molecular weight is 261 g/mol. The number of benzene rings is 1. The summed E-state index contributed by atoms with van der Waals surface area (Å²) < 4.78 is 23.2. The number of hydrogen-bond acceptors (Lipinski definition) is 2. The molecule has 2 nitrogen and oxygen atoms in total. The fraction of sp³-hybridized carbons (Fsp3) is 0.333. The van der Waals surface area contributed by atoms with Gasteiger partial charge < -0.3 is 0 Å². The molecule has 0 fully saturated rings. The minimum absolute atomic E-state index is 0.187. The molecule has 1 unspecified atom stereocenters. The summed E-state index contributed by atoms with van der Waals surface area (Å²) in [6.07, 6.45) is 0.666. The molecule has 0 aliphatic carbocycles. The molecule has 4 heteroatoms. The molecule has 0 amide bonds. The third kappa shape index (κ3) is 1.53. The smallest absolute Gasteiger partial charge is 0.178 e. The summed E-state index contributed by atoms with van der Waals surface area (Å²) in [6, 6.07) is 7.18. The second-order valence-electron chi connectivity index (χ2n) is 3.11. The topological polar surface area (TPSA) is 34.1 Å². The summed E-state index contributed by atoms with van der Waals surface area (Å²) in [6.45, 7) is 0. The first-order chi connectivity index (χ1) is 6.11. The molecule has 1 aromatic rings. The molecule has 1 heterocycles. The van der Waals surface area contributed by atoms with E-state index in [-0.39, 0.29) is 10.6 Å². The van der Waals surface area contributed by atoms with Gasteiger partial charge in [0.05, 0.1) is 10.6 Å². The maximum Gasteiger partial charge on any atom is 0.178 e. The fourth-order valence-corrected chi connectivity index (χ4v) is 4.25. The predicted octanol–water partition coefficient (Wildman–Crippen LogP) is 2.30. The van der Waals surface area contributed by atoms with Crippen molar-refractivity contribution >= 4 is 25.8 Å². The van der Waals surface area contributed by atoms with Crippen LogP contribution in [0.25, 0.3) is 0 Å². The number of fused-ring (bicyclic) bond motifs is 1. The van der Waals surface area contributed by atoms with Crippen molar-refractivity contribution in [1.82, 2.24) is 0 Å². The second-order valence-corrected chi connectivity index (χ2v) is 6.30. The number of alkyl halides is 1. The summed E-state index contributed by atoms with van der Waals surface area (Å²) in [5.41, 5.74) is 0.897. The predicted molar refractivity (Wildman–Crippen MR) is 54.8 cm³/mol. The summed E-state index contributed by atoms with van der Waals surface area (Å²) in [5, 5.41) is 0. The molecule has 70 valence electrons. The average Bonchev–Trinajstić information content (AvgIpc) is 2.13. The van der Waals surface area contributed by atoms with Crippen molar-refractivity contribution in [3.63, 3.8) is 0 Å². The van der Waals surface area contributed by atoms with Gasteiger partial charge in [-0.25, -0.2) is 8.42 Å². The van der Waals surface area contributed by atoms with Crippen LogP contribution in [0.5, 0.6) is 0 Å². The van der Waals surface area contributed by atoms with Gasteiger partial charge in [0.2, 0.25) is 0 Å². The van der Waals surface area contributed by atoms with Crippen LogP contribution < -0.4 is 0 Å². The van der Waals surface area contributed by atoms with Crippen LogP contribution in [0, 0.1) is 0 Å². The van der Waals surface area contributed by atoms with Crippen LogP contribution in [0.2, 0.25) is 0 Å². The van der Waals surface area contributed by atoms with E-state index in [9.17, 15) is 8.42 Å². The molecular weight excluding hydrogens is 252 g/mol. The molecule has 0 bridgehead atoms. The van der Waals surface area contributed by atoms with Crippen molar-refractivity contribution in [3.8, 4) is 0 Å². The number of rotatable bonds is 0. The van der Waals surface area contributed by atoms with E-state index < -0.39 is 9.84 Å². The highest BCUT2D eigenvalue weighted by molar-refractivity contribution is 9.09. The summed E-state index contributed by atoms with van der Waals surface area (Å²) in [4.78, 5) is 0.676. The molecule has 0 spiro atoms. The lowest BCUT2D eigenvalue weighted by atomic mass is 10.1. The zero-order chi connectivity index (χ0) is 9.47. The van der Waals surface area contributed by atoms with Gasteiger partial charge in [0.15, 0.2) is 9.84 Å². The zero-order valence-corrected chi connectivity index (χ0v) is 9.31. The van der Waals surface area contributed by atoms with E-state index in [1.54, 1.807) is 12.1 Å². The Morgan fingerprint density at radius 1 is 1.31 bits per heavy atom. The Morgan fingerprint density at radius 2 is 2.00 bits per heavy atom. The highest BCUT2D eigenvalue weighted by atomic mass is 79.9. The van der Waals surface area contributed by atoms with Crippen LogP contribution in [-0.4, -0.2) is 14.2 Å². The van der Waals surface area contributed by atoms with Gasteiger partial charge in [0, 0.05) is 4.83 Å². The minimum Gasteiger partial charge on any atom is -0.224 e. The van der Waals surface area contributed by atoms with Crippen LogP contribution in [0.4, 0.5) is 0 Å². The number of hydrogen-bond donors (Lipinski definition) is 0. The van der Waals surface area contributed by atoms with Gasteiger partial charge in [-0.2, -0.15) is 0 Å². The van der Waals surface area contributed by atoms with E-state index in [0.717, 1.165) is 5.56 Å². The van der Waals surface area contributed by atoms with Gasteiger partial charge >= 0.3 is 0 Å². The number of sulfone groups is 1. The fourth-order valence-electron chi connectivity index (χ4n) is 1.55. The van der Waals surface area contributed by atoms with Gasteiger partial charge in [-0.05, 0) is 18.1 Å². The Morgan fingerprint density at radius 3 is 2.69 bits per heavy atom. The van der Waals surface area contributed by atoms with Gasteiger partial charge in [0.25, 0.3) is 0 Å². The number of halogens is 1. The summed E-state index contributed by atoms with van der Waals surface area (Å²) in [5.74, 6) is 0.250. The Balaban J connectivity index is 2.68. The van der Waals surface area contributed by atoms with Crippen LogP contribution in [0.3, 0.4) is 0 Å². The molecule has 1 aromatic carbocycles. The van der Waals surface area contributed by atoms with Crippen LogP contribution >= 0.6 is 15.9 Å². The van der Waals surface area contributed by atoms with Gasteiger partial charge in [-0.15, -0.1) is 0 Å². The first kappa shape index (κ1) is 9.21. The van der Waals surface area contributed by atoms with E-state index in [1.807, 2.05) is 12.1 Å². The van der Waals surface area contributed by atoms with E-state index in [2.05, 4.69) is 15.9 Å². The Kier molecular flexibility index (Phi) is 2.20. The van der Waals surface area contributed by atoms with Gasteiger partial charge in [-0.1, -0.05) is 34.1 Å². The van der Waals surface area contributed by atoms with Gasteiger partial charge in [-0.3, -0.25) is 0 Å². The molecule has 0 aromatic heterocycles. The van der Waals surface area contributed by atoms with Crippen molar-refractivity contribution in [1.29, 1.82) is 0 Å². The summed E-state index contributed by atoms with van der Waals surface area (Å²) >= 11 is 3.47. The van der Waals surface area contributed by atoms with E-state index in [0.29, 0.717) is 11.3 Å². The third-order valence-corrected chi connectivity index (χ3v) is 5.00. The van der Waals surface area contributed by atoms with Crippen molar-refractivity contribution in [2.75, 3.05) is 5.75 Å². The van der Waals surface area contributed by atoms with Crippen LogP contribution in [-0.2, 0) is 9.84 Å². The Hall–Kier alpha value is -0.350. The molecular formula is C9H9BrO2S. The standard InChI is InChI=1S/C9H9BrO2S/c10-8-5-6-13(11,12)9-4-2-1-3-7(8)9/h1-4,8H,5-6H2. The van der Waals surface area contributed by atoms with E-state index >= 15 is 0 Å². The highest BCUT2D eigenvalue weighted by Gasteiger charge is 2.27. The molecule has 0 saturated heterocycles. The first-order valence-corrected chi connectivity index (χ1v) is 6.64. The van der Waals surface area contributed by atoms with Gasteiger partial charge in [0.1, 0.15) is 0 Å². The highest BCUT2D eigenvalue weighted by Crippen LogP contribution is 2.37. The minimum atomic E-state index is -3.00. The Bertz CT molecular complexity index is 425. The van der Waals surface area contributed by atoms with Crippen molar-refractivity contribution in [3.05, 3.63) is 29.8 Å². The molecule has 1 aliphatic heterocycles. The lowest BCUT2D eigenvalue weighted by Crippen LogP contribution is -2.17. The Labute approximate surface area is 86.0 Å². The molecule has 0 N–H and O–H groups in total. The zero-order valence-electron chi connectivity index (χ0n) is 6.90. The van der Waals surface area contributed by atoms with Crippen molar-refractivity contribution in [2.24, 2.45) is 0 Å².